The highest BCUT2D eigenvalue weighted by Gasteiger charge is 2.08. The molecule has 0 amide bonds. The van der Waals surface area contributed by atoms with E-state index in [1.807, 2.05) is 13.2 Å². The molecule has 0 saturated carbocycles. The van der Waals surface area contributed by atoms with E-state index in [2.05, 4.69) is 31.7 Å². The number of carbonyl (C=O) groups is 3. The molecule has 7 heteroatoms. The van der Waals surface area contributed by atoms with Gasteiger partial charge in [0.1, 0.15) is 19.2 Å². The highest BCUT2D eigenvalue weighted by Crippen LogP contribution is 2.15. The minimum absolute atomic E-state index is 0.165. The summed E-state index contributed by atoms with van der Waals surface area (Å²) in [6.45, 7) is 9.54. The highest BCUT2D eigenvalue weighted by atomic mass is 16.5. The second kappa shape index (κ2) is 44.6. The van der Waals surface area contributed by atoms with E-state index in [0.29, 0.717) is 32.0 Å². The van der Waals surface area contributed by atoms with E-state index in [9.17, 15) is 14.4 Å². The van der Waals surface area contributed by atoms with Crippen LogP contribution in [0.3, 0.4) is 0 Å². The summed E-state index contributed by atoms with van der Waals surface area (Å²) in [5, 5.41) is 7.00. The third-order valence-electron chi connectivity index (χ3n) is 7.77. The van der Waals surface area contributed by atoms with Gasteiger partial charge in [-0.1, -0.05) is 116 Å². The van der Waals surface area contributed by atoms with Gasteiger partial charge in [-0.05, 0) is 64.6 Å². The van der Waals surface area contributed by atoms with Crippen molar-refractivity contribution in [2.24, 2.45) is 0 Å². The highest BCUT2D eigenvalue weighted by molar-refractivity contribution is 5.69. The van der Waals surface area contributed by atoms with Gasteiger partial charge in [0, 0.05) is 33.5 Å². The standard InChI is InChI=1S/C21H37NO4.C16H34O.CH4O/c1-2-3-4-5-6-7-12-20-26-21(25)14-13-17-22(15-8-10-18-23)16-9-11-19-24;1-4-6-8-10-12-14-16(17-3)15-13-11-9-7-5-2;1-2/h7,12,18-19H,2-6,8-11,13-17,20H2,1H3;16H,4-15H2,1-3H3;2H,1H3/b12-7-;;. The summed E-state index contributed by atoms with van der Waals surface area (Å²) in [4.78, 5) is 34.8. The molecule has 0 radical (unpaired) electrons. The molecule has 0 saturated heterocycles. The molecule has 0 rings (SSSR count). The number of hydrogen-bond acceptors (Lipinski definition) is 7. The Kier molecular flexibility index (Phi) is 47.4. The van der Waals surface area contributed by atoms with Crippen LogP contribution in [0, 0.1) is 0 Å². The molecule has 0 aromatic heterocycles. The summed E-state index contributed by atoms with van der Waals surface area (Å²) in [5.74, 6) is -0.165. The number of ether oxygens (including phenoxy) is 2. The van der Waals surface area contributed by atoms with Crippen molar-refractivity contribution in [2.45, 2.75) is 175 Å². The van der Waals surface area contributed by atoms with Crippen LogP contribution in [0.2, 0.25) is 0 Å². The van der Waals surface area contributed by atoms with Gasteiger partial charge in [0.2, 0.25) is 0 Å². The van der Waals surface area contributed by atoms with E-state index < -0.39 is 0 Å². The first-order valence-electron chi connectivity index (χ1n) is 18.5. The van der Waals surface area contributed by atoms with Crippen molar-refractivity contribution in [2.75, 3.05) is 40.5 Å². The SMILES string of the molecule is CCCCCC/C=C\COC(=O)CCCN(CCCC=O)CCCC=O.CCCCCCCC(CCCCCCC)OC.CO. The van der Waals surface area contributed by atoms with Crippen molar-refractivity contribution in [3.05, 3.63) is 12.2 Å². The fourth-order valence-electron chi connectivity index (χ4n) is 5.00. The quantitative estimate of drug-likeness (QED) is 0.0338. The normalized spacial score (nSPS) is 10.8. The molecule has 0 aromatic rings. The van der Waals surface area contributed by atoms with E-state index in [1.54, 1.807) is 0 Å². The van der Waals surface area contributed by atoms with Gasteiger partial charge in [0.25, 0.3) is 0 Å². The van der Waals surface area contributed by atoms with Crippen LogP contribution in [0.5, 0.6) is 0 Å². The molecular weight excluding hydrogens is 566 g/mol. The van der Waals surface area contributed by atoms with Crippen LogP contribution >= 0.6 is 0 Å². The fraction of sp³-hybridized carbons (Fsp3) is 0.868. The Morgan fingerprint density at radius 2 is 1.09 bits per heavy atom. The summed E-state index contributed by atoms with van der Waals surface area (Å²) in [7, 11) is 2.88. The van der Waals surface area contributed by atoms with Gasteiger partial charge in [-0.15, -0.1) is 0 Å². The molecule has 1 N–H and O–H groups in total. The number of carbonyl (C=O) groups excluding carboxylic acids is 3. The van der Waals surface area contributed by atoms with Crippen molar-refractivity contribution in [1.29, 1.82) is 0 Å². The number of unbranched alkanes of at least 4 members (excludes halogenated alkanes) is 14. The van der Waals surface area contributed by atoms with Gasteiger partial charge < -0.3 is 29.1 Å². The summed E-state index contributed by atoms with van der Waals surface area (Å²) in [6.07, 6.45) is 32.6. The predicted molar refractivity (Wildman–Crippen MR) is 191 cm³/mol. The second-order valence-electron chi connectivity index (χ2n) is 11.8. The van der Waals surface area contributed by atoms with Crippen LogP contribution in [-0.2, 0) is 23.9 Å². The topological polar surface area (TPSA) is 93.1 Å². The van der Waals surface area contributed by atoms with Crippen molar-refractivity contribution < 1.29 is 29.0 Å². The third-order valence-corrected chi connectivity index (χ3v) is 7.77. The molecule has 0 unspecified atom stereocenters. The van der Waals surface area contributed by atoms with Gasteiger partial charge in [0.15, 0.2) is 0 Å². The Hall–Kier alpha value is -1.57. The first-order valence-corrected chi connectivity index (χ1v) is 18.5. The van der Waals surface area contributed by atoms with E-state index in [4.69, 9.17) is 14.6 Å². The summed E-state index contributed by atoms with van der Waals surface area (Å²) in [6, 6.07) is 0. The Labute approximate surface area is 279 Å². The fourth-order valence-corrected chi connectivity index (χ4v) is 5.00. The monoisotopic (exact) mass is 642 g/mol. The van der Waals surface area contributed by atoms with Gasteiger partial charge >= 0.3 is 5.97 Å². The van der Waals surface area contributed by atoms with Crippen LogP contribution in [0.4, 0.5) is 0 Å². The van der Waals surface area contributed by atoms with Gasteiger partial charge in [0.05, 0.1) is 6.10 Å². The largest absolute Gasteiger partial charge is 0.461 e. The number of methoxy groups -OCH3 is 1. The molecule has 0 aliphatic carbocycles. The minimum Gasteiger partial charge on any atom is -0.461 e. The number of esters is 1. The smallest absolute Gasteiger partial charge is 0.306 e. The number of nitrogens with zero attached hydrogens (tertiary/aromatic N) is 1. The zero-order chi connectivity index (χ0) is 34.1. The first kappa shape index (κ1) is 47.8. The Balaban J connectivity index is -0.000000802. The van der Waals surface area contributed by atoms with Crippen LogP contribution in [0.15, 0.2) is 12.2 Å². The molecule has 0 heterocycles. The molecule has 45 heavy (non-hydrogen) atoms. The number of aliphatic hydroxyl groups excluding tert-OH is 1. The van der Waals surface area contributed by atoms with Gasteiger partial charge in [-0.25, -0.2) is 0 Å². The second-order valence-corrected chi connectivity index (χ2v) is 11.8. The summed E-state index contributed by atoms with van der Waals surface area (Å²) < 4.78 is 10.8. The Bertz CT molecular complexity index is 585. The Morgan fingerprint density at radius 3 is 1.56 bits per heavy atom. The molecule has 7 nitrogen and oxygen atoms in total. The maximum absolute atomic E-state index is 11.8. The molecule has 0 atom stereocenters. The lowest BCUT2D eigenvalue weighted by molar-refractivity contribution is -0.142. The van der Waals surface area contributed by atoms with Gasteiger partial charge in [-0.2, -0.15) is 0 Å². The molecule has 0 bridgehead atoms. The number of allylic oxidation sites excluding steroid dienone is 1. The van der Waals surface area contributed by atoms with E-state index in [0.717, 1.165) is 65.0 Å². The lowest BCUT2D eigenvalue weighted by Gasteiger charge is -2.21. The van der Waals surface area contributed by atoms with E-state index in [1.165, 1.54) is 103 Å². The molecule has 0 spiro atoms. The van der Waals surface area contributed by atoms with E-state index in [-0.39, 0.29) is 5.97 Å². The third kappa shape index (κ3) is 42.4. The Morgan fingerprint density at radius 1 is 0.622 bits per heavy atom. The van der Waals surface area contributed by atoms with Crippen LogP contribution in [-0.4, -0.2) is 75.1 Å². The van der Waals surface area contributed by atoms with Crippen molar-refractivity contribution in [3.8, 4) is 0 Å². The number of aldehydes is 2. The lowest BCUT2D eigenvalue weighted by atomic mass is 10.0. The number of hydrogen-bond donors (Lipinski definition) is 1. The maximum atomic E-state index is 11.8. The van der Waals surface area contributed by atoms with Crippen LogP contribution in [0.1, 0.15) is 168 Å². The maximum Gasteiger partial charge on any atom is 0.306 e. The average Bonchev–Trinajstić information content (AvgIpc) is 3.06. The van der Waals surface area contributed by atoms with Crippen molar-refractivity contribution in [1.82, 2.24) is 4.90 Å². The molecule has 0 fully saturated rings. The molecular formula is C38H75NO6. The predicted octanol–water partition coefficient (Wildman–Crippen LogP) is 9.43. The summed E-state index contributed by atoms with van der Waals surface area (Å²) in [5.41, 5.74) is 0. The zero-order valence-electron chi connectivity index (χ0n) is 30.4. The van der Waals surface area contributed by atoms with Crippen LogP contribution in [0.25, 0.3) is 0 Å². The average molecular weight is 642 g/mol. The van der Waals surface area contributed by atoms with Crippen LogP contribution < -0.4 is 0 Å². The lowest BCUT2D eigenvalue weighted by Crippen LogP contribution is -2.28. The van der Waals surface area contributed by atoms with Crippen molar-refractivity contribution in [3.63, 3.8) is 0 Å². The molecule has 268 valence electrons. The first-order chi connectivity index (χ1) is 22.1. The molecule has 0 aliphatic rings. The minimum atomic E-state index is -0.165. The zero-order valence-corrected chi connectivity index (χ0v) is 30.4. The van der Waals surface area contributed by atoms with E-state index >= 15 is 0 Å². The van der Waals surface area contributed by atoms with Gasteiger partial charge in [-0.3, -0.25) is 4.79 Å². The summed E-state index contributed by atoms with van der Waals surface area (Å²) >= 11 is 0. The van der Waals surface area contributed by atoms with Crippen molar-refractivity contribution >= 4 is 18.5 Å². The molecule has 0 aromatic carbocycles. The number of aliphatic hydroxyl groups is 1. The molecule has 0 aliphatic heterocycles. The number of rotatable bonds is 32.